The first-order chi connectivity index (χ1) is 11.5. The molecule has 2 rings (SSSR count). The lowest BCUT2D eigenvalue weighted by molar-refractivity contribution is 0.0526. The number of esters is 1. The van der Waals surface area contributed by atoms with E-state index in [1.165, 1.54) is 37.4 Å². The Labute approximate surface area is 143 Å². The molecule has 0 aromatic heterocycles. The maximum Gasteiger partial charge on any atom is 0.339 e. The van der Waals surface area contributed by atoms with E-state index in [9.17, 15) is 14.0 Å². The molecule has 5 nitrogen and oxygen atoms in total. The number of benzene rings is 2. The fourth-order valence-electron chi connectivity index (χ4n) is 1.98. The molecule has 1 N–H and O–H groups in total. The van der Waals surface area contributed by atoms with Crippen LogP contribution in [0.15, 0.2) is 36.4 Å². The van der Waals surface area contributed by atoms with Crippen molar-refractivity contribution < 1.29 is 23.5 Å². The molecule has 0 bridgehead atoms. The lowest BCUT2D eigenvalue weighted by Gasteiger charge is -2.09. The molecule has 24 heavy (non-hydrogen) atoms. The second-order valence-corrected chi connectivity index (χ2v) is 5.13. The topological polar surface area (TPSA) is 64.6 Å². The number of nitrogens with one attached hydrogen (secondary N) is 1. The highest BCUT2D eigenvalue weighted by Gasteiger charge is 2.15. The fraction of sp³-hybridized carbons (Fsp3) is 0.176. The number of ether oxygens (including phenoxy) is 2. The summed E-state index contributed by atoms with van der Waals surface area (Å²) < 4.78 is 23.4. The number of halogens is 2. The van der Waals surface area contributed by atoms with E-state index in [0.717, 1.165) is 6.07 Å². The zero-order chi connectivity index (χ0) is 17.7. The van der Waals surface area contributed by atoms with Crippen LogP contribution >= 0.6 is 11.6 Å². The Morgan fingerprint density at radius 1 is 1.21 bits per heavy atom. The third-order valence-electron chi connectivity index (χ3n) is 3.13. The number of methoxy groups -OCH3 is 1. The van der Waals surface area contributed by atoms with Crippen molar-refractivity contribution in [3.05, 3.63) is 58.4 Å². The van der Waals surface area contributed by atoms with Crippen molar-refractivity contribution in [1.29, 1.82) is 0 Å². The quantitative estimate of drug-likeness (QED) is 0.829. The molecule has 0 radical (unpaired) electrons. The maximum absolute atomic E-state index is 13.7. The van der Waals surface area contributed by atoms with Crippen LogP contribution in [-0.4, -0.2) is 25.6 Å². The molecule has 0 heterocycles. The smallest absolute Gasteiger partial charge is 0.339 e. The van der Waals surface area contributed by atoms with Gasteiger partial charge in [-0.1, -0.05) is 11.6 Å². The summed E-state index contributed by atoms with van der Waals surface area (Å²) in [7, 11) is 1.34. The molecule has 0 fully saturated rings. The van der Waals surface area contributed by atoms with Crippen molar-refractivity contribution in [3.8, 4) is 5.75 Å². The van der Waals surface area contributed by atoms with Crippen molar-refractivity contribution in [2.75, 3.05) is 19.0 Å². The number of anilines is 1. The van der Waals surface area contributed by atoms with Crippen LogP contribution in [0.5, 0.6) is 5.75 Å². The van der Waals surface area contributed by atoms with Gasteiger partial charge >= 0.3 is 5.97 Å². The largest absolute Gasteiger partial charge is 0.494 e. The van der Waals surface area contributed by atoms with Gasteiger partial charge in [0, 0.05) is 11.3 Å². The Hall–Kier alpha value is -2.60. The highest BCUT2D eigenvalue weighted by atomic mass is 35.5. The summed E-state index contributed by atoms with van der Waals surface area (Å²) in [6.07, 6.45) is 0. The average Bonchev–Trinajstić information content (AvgIpc) is 2.56. The first-order valence-electron chi connectivity index (χ1n) is 7.07. The normalized spacial score (nSPS) is 10.2. The zero-order valence-electron chi connectivity index (χ0n) is 13.1. The third-order valence-corrected chi connectivity index (χ3v) is 3.46. The van der Waals surface area contributed by atoms with Gasteiger partial charge in [0.25, 0.3) is 5.91 Å². The van der Waals surface area contributed by atoms with Gasteiger partial charge in [-0.15, -0.1) is 0 Å². The molecule has 0 atom stereocenters. The van der Waals surface area contributed by atoms with Gasteiger partial charge in [0.05, 0.1) is 24.3 Å². The highest BCUT2D eigenvalue weighted by molar-refractivity contribution is 6.33. The van der Waals surface area contributed by atoms with Gasteiger partial charge in [0.2, 0.25) is 0 Å². The molecule has 126 valence electrons. The lowest BCUT2D eigenvalue weighted by Crippen LogP contribution is -2.13. The zero-order valence-corrected chi connectivity index (χ0v) is 13.8. The van der Waals surface area contributed by atoms with E-state index >= 15 is 0 Å². The molecule has 0 unspecified atom stereocenters. The lowest BCUT2D eigenvalue weighted by atomic mass is 10.1. The summed E-state index contributed by atoms with van der Waals surface area (Å²) in [6.45, 7) is 1.88. The second-order valence-electron chi connectivity index (χ2n) is 4.72. The van der Waals surface area contributed by atoms with Gasteiger partial charge in [-0.05, 0) is 43.3 Å². The molecule has 2 aromatic rings. The molecule has 7 heteroatoms. The molecule has 0 saturated carbocycles. The van der Waals surface area contributed by atoms with Gasteiger partial charge < -0.3 is 14.8 Å². The van der Waals surface area contributed by atoms with Crippen molar-refractivity contribution in [3.63, 3.8) is 0 Å². The van der Waals surface area contributed by atoms with Crippen LogP contribution in [0.4, 0.5) is 10.1 Å². The predicted molar refractivity (Wildman–Crippen MR) is 88.3 cm³/mol. The summed E-state index contributed by atoms with van der Waals surface area (Å²) in [6, 6.07) is 8.25. The van der Waals surface area contributed by atoms with E-state index in [4.69, 9.17) is 21.1 Å². The summed E-state index contributed by atoms with van der Waals surface area (Å²) in [4.78, 5) is 24.0. The minimum Gasteiger partial charge on any atom is -0.494 e. The number of amides is 1. The van der Waals surface area contributed by atoms with Gasteiger partial charge in [-0.2, -0.15) is 0 Å². The Morgan fingerprint density at radius 2 is 1.96 bits per heavy atom. The van der Waals surface area contributed by atoms with Crippen molar-refractivity contribution in [2.45, 2.75) is 6.92 Å². The summed E-state index contributed by atoms with van der Waals surface area (Å²) in [5.41, 5.74) is 0.585. The number of rotatable bonds is 5. The van der Waals surface area contributed by atoms with Crippen molar-refractivity contribution >= 4 is 29.2 Å². The molecule has 0 saturated heterocycles. The summed E-state index contributed by atoms with van der Waals surface area (Å²) in [5, 5.41) is 2.78. The molecule has 0 aliphatic heterocycles. The van der Waals surface area contributed by atoms with Crippen LogP contribution < -0.4 is 10.1 Å². The van der Waals surface area contributed by atoms with Crippen LogP contribution in [0, 0.1) is 5.82 Å². The van der Waals surface area contributed by atoms with E-state index in [-0.39, 0.29) is 28.5 Å². The minimum absolute atomic E-state index is 0.0441. The number of carbonyl (C=O) groups excluding carboxylic acids is 2. The average molecular weight is 352 g/mol. The second kappa shape index (κ2) is 7.79. The van der Waals surface area contributed by atoms with Crippen LogP contribution in [0.2, 0.25) is 5.02 Å². The Balaban J connectivity index is 2.21. The Bertz CT molecular complexity index is 779. The van der Waals surface area contributed by atoms with Crippen LogP contribution in [0.3, 0.4) is 0 Å². The number of carbonyl (C=O) groups is 2. The van der Waals surface area contributed by atoms with Crippen molar-refractivity contribution in [1.82, 2.24) is 0 Å². The summed E-state index contributed by atoms with van der Waals surface area (Å²) >= 11 is 5.96. The number of hydrogen-bond donors (Lipinski definition) is 1. The van der Waals surface area contributed by atoms with E-state index in [2.05, 4.69) is 5.32 Å². The molecule has 0 aliphatic rings. The van der Waals surface area contributed by atoms with Gasteiger partial charge in [0.15, 0.2) is 11.6 Å². The number of hydrogen-bond acceptors (Lipinski definition) is 4. The van der Waals surface area contributed by atoms with E-state index in [0.29, 0.717) is 5.69 Å². The minimum atomic E-state index is -0.645. The van der Waals surface area contributed by atoms with E-state index < -0.39 is 17.7 Å². The van der Waals surface area contributed by atoms with Crippen LogP contribution in [0.1, 0.15) is 27.6 Å². The molecular formula is C17H15ClFNO4. The van der Waals surface area contributed by atoms with Crippen molar-refractivity contribution in [2.24, 2.45) is 0 Å². The fourth-order valence-corrected chi connectivity index (χ4v) is 2.17. The van der Waals surface area contributed by atoms with E-state index in [1.54, 1.807) is 6.92 Å². The first-order valence-corrected chi connectivity index (χ1v) is 7.45. The highest BCUT2D eigenvalue weighted by Crippen LogP contribution is 2.23. The Morgan fingerprint density at radius 3 is 2.58 bits per heavy atom. The maximum atomic E-state index is 13.7. The monoisotopic (exact) mass is 351 g/mol. The molecule has 0 spiro atoms. The first kappa shape index (κ1) is 17.7. The van der Waals surface area contributed by atoms with Gasteiger partial charge in [-0.3, -0.25) is 4.79 Å². The summed E-state index contributed by atoms with van der Waals surface area (Å²) in [5.74, 6) is -1.72. The van der Waals surface area contributed by atoms with E-state index in [1.807, 2.05) is 0 Å². The molecular weight excluding hydrogens is 337 g/mol. The SMILES string of the molecule is CCOC(=O)c1cc(NC(=O)c2ccc(OC)c(F)c2)ccc1Cl. The standard InChI is InChI=1S/C17H15ClFNO4/c1-3-24-17(22)12-9-11(5-6-13(12)18)20-16(21)10-4-7-15(23-2)14(19)8-10/h4-9H,3H2,1-2H3,(H,20,21). The molecule has 2 aromatic carbocycles. The molecule has 1 amide bonds. The van der Waals surface area contributed by atoms with Gasteiger partial charge in [-0.25, -0.2) is 9.18 Å². The predicted octanol–water partition coefficient (Wildman–Crippen LogP) is 3.92. The van der Waals surface area contributed by atoms with Crippen LogP contribution in [-0.2, 0) is 4.74 Å². The Kier molecular flexibility index (Phi) is 5.76. The third kappa shape index (κ3) is 4.02. The van der Waals surface area contributed by atoms with Crippen LogP contribution in [0.25, 0.3) is 0 Å². The molecule has 0 aliphatic carbocycles. The van der Waals surface area contributed by atoms with Gasteiger partial charge in [0.1, 0.15) is 0 Å².